The molecule has 9 heteroatoms. The maximum Gasteiger partial charge on any atom is 0.417 e. The number of nitrogens with one attached hydrogen (secondary N) is 1. The predicted molar refractivity (Wildman–Crippen MR) is 123 cm³/mol. The molecule has 0 aromatic heterocycles. The van der Waals surface area contributed by atoms with Crippen molar-refractivity contribution in [2.75, 3.05) is 18.4 Å². The summed E-state index contributed by atoms with van der Waals surface area (Å²) in [5.74, 6) is -0.668. The molecular formula is C25H23F3N2O3S. The summed E-state index contributed by atoms with van der Waals surface area (Å²) in [7, 11) is -4.33. The molecule has 1 saturated heterocycles. The van der Waals surface area contributed by atoms with Crippen LogP contribution in [0.5, 0.6) is 0 Å². The molecule has 0 spiro atoms. The van der Waals surface area contributed by atoms with Gasteiger partial charge in [-0.15, -0.1) is 0 Å². The van der Waals surface area contributed by atoms with E-state index >= 15 is 0 Å². The summed E-state index contributed by atoms with van der Waals surface area (Å²) in [5, 5.41) is 2.85. The van der Waals surface area contributed by atoms with Gasteiger partial charge < -0.3 is 5.32 Å². The zero-order chi connectivity index (χ0) is 24.3. The SMILES string of the molecule is O=C(Nc1ccc(-c2ccccc2)cc1)C1CCN(S(=O)(=O)c2ccccc2C(F)(F)F)CC1. The fraction of sp³-hybridized carbons (Fsp3) is 0.240. The number of hydrogen-bond acceptors (Lipinski definition) is 3. The normalized spacial score (nSPS) is 15.7. The van der Waals surface area contributed by atoms with Gasteiger partial charge in [-0.3, -0.25) is 4.79 Å². The summed E-state index contributed by atoms with van der Waals surface area (Å²) in [6.45, 7) is -0.0564. The monoisotopic (exact) mass is 488 g/mol. The Balaban J connectivity index is 1.39. The summed E-state index contributed by atoms with van der Waals surface area (Å²) in [6.07, 6.45) is -4.33. The molecule has 1 fully saturated rings. The van der Waals surface area contributed by atoms with Crippen molar-refractivity contribution in [1.29, 1.82) is 0 Å². The number of anilines is 1. The number of carbonyl (C=O) groups excluding carboxylic acids is 1. The second-order valence-corrected chi connectivity index (χ2v) is 10.0. The molecule has 1 N–H and O–H groups in total. The molecule has 1 aliphatic rings. The highest BCUT2D eigenvalue weighted by atomic mass is 32.2. The van der Waals surface area contributed by atoms with Crippen molar-refractivity contribution < 1.29 is 26.4 Å². The van der Waals surface area contributed by atoms with Crippen molar-refractivity contribution in [2.24, 2.45) is 5.92 Å². The smallest absolute Gasteiger partial charge is 0.326 e. The summed E-state index contributed by atoms with van der Waals surface area (Å²) in [5.41, 5.74) is 1.50. The Morgan fingerprint density at radius 3 is 2.00 bits per heavy atom. The highest BCUT2D eigenvalue weighted by molar-refractivity contribution is 7.89. The lowest BCUT2D eigenvalue weighted by molar-refractivity contribution is -0.139. The van der Waals surface area contributed by atoms with Gasteiger partial charge in [0.1, 0.15) is 0 Å². The Bertz CT molecular complexity index is 1250. The van der Waals surface area contributed by atoms with Gasteiger partial charge in [0.05, 0.1) is 10.5 Å². The minimum absolute atomic E-state index is 0.0282. The van der Waals surface area contributed by atoms with Gasteiger partial charge in [-0.2, -0.15) is 17.5 Å². The van der Waals surface area contributed by atoms with Crippen LogP contribution in [0.15, 0.2) is 83.8 Å². The van der Waals surface area contributed by atoms with Crippen LogP contribution in [0.2, 0.25) is 0 Å². The summed E-state index contributed by atoms with van der Waals surface area (Å²) >= 11 is 0. The Morgan fingerprint density at radius 2 is 1.38 bits per heavy atom. The number of amides is 1. The number of rotatable bonds is 5. The molecule has 4 rings (SSSR count). The van der Waals surface area contributed by atoms with Crippen LogP contribution < -0.4 is 5.32 Å². The summed E-state index contributed by atoms with van der Waals surface area (Å²) in [6, 6.07) is 21.4. The second kappa shape index (κ2) is 9.60. The Labute approximate surface area is 196 Å². The fourth-order valence-corrected chi connectivity index (χ4v) is 5.73. The fourth-order valence-electron chi connectivity index (χ4n) is 4.04. The van der Waals surface area contributed by atoms with E-state index in [2.05, 4.69) is 5.32 Å². The van der Waals surface area contributed by atoms with Crippen LogP contribution in [0.3, 0.4) is 0 Å². The average Bonchev–Trinajstić information content (AvgIpc) is 2.84. The molecule has 0 aliphatic carbocycles. The number of sulfonamides is 1. The lowest BCUT2D eigenvalue weighted by Crippen LogP contribution is -2.41. The number of benzene rings is 3. The van der Waals surface area contributed by atoms with E-state index in [1.807, 2.05) is 42.5 Å². The molecule has 0 saturated carbocycles. The Hall–Kier alpha value is -3.17. The molecule has 178 valence electrons. The molecule has 3 aromatic carbocycles. The van der Waals surface area contributed by atoms with E-state index in [1.165, 1.54) is 6.07 Å². The minimum Gasteiger partial charge on any atom is -0.326 e. The first-order valence-corrected chi connectivity index (χ1v) is 12.2. The van der Waals surface area contributed by atoms with Crippen LogP contribution in [0.4, 0.5) is 18.9 Å². The van der Waals surface area contributed by atoms with Gasteiger partial charge in [-0.25, -0.2) is 8.42 Å². The number of alkyl halides is 3. The molecule has 3 aromatic rings. The summed E-state index contributed by atoms with van der Waals surface area (Å²) in [4.78, 5) is 11.9. The molecule has 0 bridgehead atoms. The minimum atomic E-state index is -4.78. The van der Waals surface area contributed by atoms with E-state index in [4.69, 9.17) is 0 Å². The number of piperidine rings is 1. The lowest BCUT2D eigenvalue weighted by Gasteiger charge is -2.31. The molecule has 5 nitrogen and oxygen atoms in total. The van der Waals surface area contributed by atoms with Crippen molar-refractivity contribution in [2.45, 2.75) is 23.9 Å². The zero-order valence-corrected chi connectivity index (χ0v) is 18.9. The van der Waals surface area contributed by atoms with Gasteiger partial charge in [0.15, 0.2) is 0 Å². The third kappa shape index (κ3) is 5.15. The van der Waals surface area contributed by atoms with E-state index in [0.29, 0.717) is 5.69 Å². The van der Waals surface area contributed by atoms with Gasteiger partial charge in [0, 0.05) is 24.7 Å². The predicted octanol–water partition coefficient (Wildman–Crippen LogP) is 5.41. The van der Waals surface area contributed by atoms with E-state index in [9.17, 15) is 26.4 Å². The lowest BCUT2D eigenvalue weighted by atomic mass is 9.97. The maximum atomic E-state index is 13.3. The van der Waals surface area contributed by atoms with Crippen LogP contribution in [0.25, 0.3) is 11.1 Å². The van der Waals surface area contributed by atoms with Crippen molar-refractivity contribution in [1.82, 2.24) is 4.31 Å². The van der Waals surface area contributed by atoms with Crippen molar-refractivity contribution in [3.05, 3.63) is 84.4 Å². The quantitative estimate of drug-likeness (QED) is 0.522. The molecule has 1 heterocycles. The Kier molecular flexibility index (Phi) is 6.77. The first kappa shape index (κ1) is 24.0. The van der Waals surface area contributed by atoms with Gasteiger partial charge in [0.2, 0.25) is 15.9 Å². The number of nitrogens with zero attached hydrogens (tertiary/aromatic N) is 1. The number of carbonyl (C=O) groups is 1. The van der Waals surface area contributed by atoms with E-state index in [-0.39, 0.29) is 31.8 Å². The van der Waals surface area contributed by atoms with Crippen molar-refractivity contribution in [3.8, 4) is 11.1 Å². The number of hydrogen-bond donors (Lipinski definition) is 1. The molecule has 0 unspecified atom stereocenters. The van der Waals surface area contributed by atoms with E-state index in [1.54, 1.807) is 12.1 Å². The van der Waals surface area contributed by atoms with Crippen LogP contribution >= 0.6 is 0 Å². The van der Waals surface area contributed by atoms with E-state index in [0.717, 1.165) is 33.6 Å². The number of halogens is 3. The molecule has 0 atom stereocenters. The Morgan fingerprint density at radius 1 is 0.824 bits per heavy atom. The molecule has 1 amide bonds. The summed E-state index contributed by atoms with van der Waals surface area (Å²) < 4.78 is 66.7. The highest BCUT2D eigenvalue weighted by Crippen LogP contribution is 2.36. The first-order chi connectivity index (χ1) is 16.2. The topological polar surface area (TPSA) is 66.5 Å². The molecule has 1 aliphatic heterocycles. The third-order valence-corrected chi connectivity index (χ3v) is 7.85. The zero-order valence-electron chi connectivity index (χ0n) is 18.1. The van der Waals surface area contributed by atoms with Gasteiger partial charge in [-0.05, 0) is 48.2 Å². The standard InChI is InChI=1S/C25H23F3N2O3S/c26-25(27,28)22-8-4-5-9-23(22)34(32,33)30-16-14-20(15-17-30)24(31)29-21-12-10-19(11-13-21)18-6-2-1-3-7-18/h1-13,20H,14-17H2,(H,29,31). The van der Waals surface area contributed by atoms with Crippen LogP contribution in [0.1, 0.15) is 18.4 Å². The van der Waals surface area contributed by atoms with Crippen molar-refractivity contribution in [3.63, 3.8) is 0 Å². The van der Waals surface area contributed by atoms with E-state index < -0.39 is 32.6 Å². The van der Waals surface area contributed by atoms with Crippen LogP contribution in [0, 0.1) is 5.92 Å². The third-order valence-electron chi connectivity index (χ3n) is 5.89. The van der Waals surface area contributed by atoms with Gasteiger partial charge >= 0.3 is 6.18 Å². The average molecular weight is 489 g/mol. The largest absolute Gasteiger partial charge is 0.417 e. The maximum absolute atomic E-state index is 13.3. The van der Waals surface area contributed by atoms with Gasteiger partial charge in [-0.1, -0.05) is 54.6 Å². The second-order valence-electron chi connectivity index (χ2n) is 8.10. The highest BCUT2D eigenvalue weighted by Gasteiger charge is 2.40. The molecule has 0 radical (unpaired) electrons. The first-order valence-electron chi connectivity index (χ1n) is 10.8. The van der Waals surface area contributed by atoms with Crippen LogP contribution in [-0.2, 0) is 21.0 Å². The molecular weight excluding hydrogens is 465 g/mol. The van der Waals surface area contributed by atoms with Crippen molar-refractivity contribution >= 4 is 21.6 Å². The van der Waals surface area contributed by atoms with Gasteiger partial charge in [0.25, 0.3) is 0 Å². The van der Waals surface area contributed by atoms with Crippen LogP contribution in [-0.4, -0.2) is 31.7 Å². The molecule has 34 heavy (non-hydrogen) atoms.